The molecule has 0 aromatic heterocycles. The van der Waals surface area contributed by atoms with Gasteiger partial charge in [-0.3, -0.25) is 0 Å². The van der Waals surface area contributed by atoms with Crippen LogP contribution < -0.4 is 0 Å². The highest BCUT2D eigenvalue weighted by molar-refractivity contribution is 5.69. The molecule has 4 nitrogen and oxygen atoms in total. The van der Waals surface area contributed by atoms with Crippen molar-refractivity contribution in [3.8, 4) is 0 Å². The van der Waals surface area contributed by atoms with E-state index in [-0.39, 0.29) is 17.7 Å². The molecule has 2 unspecified atom stereocenters. The molecule has 1 spiro atoms. The maximum absolute atomic E-state index is 12.3. The van der Waals surface area contributed by atoms with Crippen LogP contribution in [0.3, 0.4) is 0 Å². The molecule has 2 aliphatic heterocycles. The summed E-state index contributed by atoms with van der Waals surface area (Å²) in [5.74, 6) is 0. The van der Waals surface area contributed by atoms with Crippen LogP contribution in [0.2, 0.25) is 0 Å². The van der Waals surface area contributed by atoms with Crippen molar-refractivity contribution in [1.82, 2.24) is 4.90 Å². The Hall–Kier alpha value is -0.770. The number of amides is 1. The van der Waals surface area contributed by atoms with Crippen molar-refractivity contribution >= 4 is 6.09 Å². The van der Waals surface area contributed by atoms with E-state index in [1.165, 1.54) is 0 Å². The maximum Gasteiger partial charge on any atom is 0.410 e. The van der Waals surface area contributed by atoms with E-state index in [0.717, 1.165) is 38.8 Å². The topological polar surface area (TPSA) is 38.8 Å². The van der Waals surface area contributed by atoms with Crippen molar-refractivity contribution in [2.24, 2.45) is 0 Å². The minimum atomic E-state index is -0.419. The first-order chi connectivity index (χ1) is 8.32. The van der Waals surface area contributed by atoms with Gasteiger partial charge in [0, 0.05) is 13.2 Å². The van der Waals surface area contributed by atoms with Crippen LogP contribution >= 0.6 is 0 Å². The Kier molecular flexibility index (Phi) is 3.58. The third-order valence-electron chi connectivity index (χ3n) is 3.85. The van der Waals surface area contributed by atoms with Gasteiger partial charge in [-0.05, 0) is 53.4 Å². The summed E-state index contributed by atoms with van der Waals surface area (Å²) in [4.78, 5) is 14.3. The van der Waals surface area contributed by atoms with E-state index in [0.29, 0.717) is 0 Å². The van der Waals surface area contributed by atoms with E-state index >= 15 is 0 Å². The van der Waals surface area contributed by atoms with Gasteiger partial charge in [0.15, 0.2) is 0 Å². The van der Waals surface area contributed by atoms with E-state index in [2.05, 4.69) is 6.92 Å². The second kappa shape index (κ2) is 4.72. The lowest BCUT2D eigenvalue weighted by Crippen LogP contribution is -2.53. The van der Waals surface area contributed by atoms with Crippen LogP contribution in [0.4, 0.5) is 4.79 Å². The first kappa shape index (κ1) is 13.7. The summed E-state index contributed by atoms with van der Waals surface area (Å²) in [7, 11) is 0. The summed E-state index contributed by atoms with van der Waals surface area (Å²) in [5, 5.41) is 0. The lowest BCUT2D eigenvalue weighted by Gasteiger charge is -2.43. The molecule has 0 bridgehead atoms. The Morgan fingerprint density at radius 3 is 2.72 bits per heavy atom. The van der Waals surface area contributed by atoms with Gasteiger partial charge in [0.1, 0.15) is 5.60 Å². The first-order valence-corrected chi connectivity index (χ1v) is 6.95. The summed E-state index contributed by atoms with van der Waals surface area (Å²) >= 11 is 0. The molecule has 1 amide bonds. The number of carbonyl (C=O) groups excluding carboxylic acids is 1. The molecular weight excluding hydrogens is 230 g/mol. The molecule has 104 valence electrons. The number of hydrogen-bond acceptors (Lipinski definition) is 3. The van der Waals surface area contributed by atoms with Crippen molar-refractivity contribution in [1.29, 1.82) is 0 Å². The monoisotopic (exact) mass is 255 g/mol. The molecule has 4 heteroatoms. The molecule has 2 aliphatic rings. The zero-order chi connectivity index (χ0) is 13.4. The van der Waals surface area contributed by atoms with Crippen molar-refractivity contribution in [3.05, 3.63) is 0 Å². The number of rotatable bonds is 0. The van der Waals surface area contributed by atoms with Crippen LogP contribution in [-0.2, 0) is 9.47 Å². The Labute approximate surface area is 110 Å². The molecule has 0 aromatic rings. The second-order valence-electron chi connectivity index (χ2n) is 6.60. The molecule has 0 aromatic carbocycles. The fourth-order valence-electron chi connectivity index (χ4n) is 3.16. The Balaban J connectivity index is 2.09. The van der Waals surface area contributed by atoms with Crippen LogP contribution in [-0.4, -0.2) is 41.4 Å². The van der Waals surface area contributed by atoms with Crippen LogP contribution in [0.15, 0.2) is 0 Å². The predicted molar refractivity (Wildman–Crippen MR) is 69.6 cm³/mol. The van der Waals surface area contributed by atoms with Gasteiger partial charge in [0.25, 0.3) is 0 Å². The molecule has 18 heavy (non-hydrogen) atoms. The molecule has 2 heterocycles. The summed E-state index contributed by atoms with van der Waals surface area (Å²) < 4.78 is 11.1. The van der Waals surface area contributed by atoms with E-state index in [1.807, 2.05) is 25.7 Å². The van der Waals surface area contributed by atoms with E-state index in [4.69, 9.17) is 9.47 Å². The fourth-order valence-corrected chi connectivity index (χ4v) is 3.16. The largest absolute Gasteiger partial charge is 0.444 e. The van der Waals surface area contributed by atoms with Crippen LogP contribution in [0.25, 0.3) is 0 Å². The van der Waals surface area contributed by atoms with Gasteiger partial charge in [-0.1, -0.05) is 0 Å². The Morgan fingerprint density at radius 1 is 1.39 bits per heavy atom. The fraction of sp³-hybridized carbons (Fsp3) is 0.929. The van der Waals surface area contributed by atoms with Crippen LogP contribution in [0, 0.1) is 0 Å². The molecule has 2 saturated heterocycles. The molecule has 0 N–H and O–H groups in total. The minimum Gasteiger partial charge on any atom is -0.444 e. The van der Waals surface area contributed by atoms with E-state index < -0.39 is 5.60 Å². The molecule has 0 saturated carbocycles. The normalized spacial score (nSPS) is 32.9. The molecule has 2 fully saturated rings. The van der Waals surface area contributed by atoms with Gasteiger partial charge in [0.2, 0.25) is 0 Å². The quantitative estimate of drug-likeness (QED) is 0.668. The van der Waals surface area contributed by atoms with Gasteiger partial charge >= 0.3 is 6.09 Å². The van der Waals surface area contributed by atoms with Crippen LogP contribution in [0.5, 0.6) is 0 Å². The van der Waals surface area contributed by atoms with E-state index in [1.54, 1.807) is 0 Å². The molecule has 2 atom stereocenters. The Morgan fingerprint density at radius 2 is 2.11 bits per heavy atom. The van der Waals surface area contributed by atoms with Gasteiger partial charge in [-0.15, -0.1) is 0 Å². The predicted octanol–water partition coefficient (Wildman–Crippen LogP) is 2.96. The third-order valence-corrected chi connectivity index (χ3v) is 3.85. The highest BCUT2D eigenvalue weighted by Crippen LogP contribution is 2.40. The van der Waals surface area contributed by atoms with Gasteiger partial charge in [0.05, 0.1) is 11.6 Å². The number of nitrogens with zero attached hydrogens (tertiary/aromatic N) is 1. The molecule has 2 rings (SSSR count). The highest BCUT2D eigenvalue weighted by Gasteiger charge is 2.47. The number of likely N-dealkylation sites (tertiary alicyclic amines) is 1. The van der Waals surface area contributed by atoms with Crippen molar-refractivity contribution in [3.63, 3.8) is 0 Å². The third kappa shape index (κ3) is 2.79. The summed E-state index contributed by atoms with van der Waals surface area (Å²) in [6, 6.07) is 0. The smallest absolute Gasteiger partial charge is 0.410 e. The average Bonchev–Trinajstić information content (AvgIpc) is 2.58. The van der Waals surface area contributed by atoms with Crippen molar-refractivity contribution in [2.45, 2.75) is 70.6 Å². The summed E-state index contributed by atoms with van der Waals surface area (Å²) in [5.41, 5.74) is -0.433. The van der Waals surface area contributed by atoms with Crippen molar-refractivity contribution in [2.75, 3.05) is 13.2 Å². The molecule has 0 aliphatic carbocycles. The number of ether oxygens (including phenoxy) is 2. The SMILES string of the molecule is CC1CC2(CCCN2C(=O)OC(C)(C)C)CCO1. The number of carbonyl (C=O) groups is 1. The van der Waals surface area contributed by atoms with E-state index in [9.17, 15) is 4.79 Å². The lowest BCUT2D eigenvalue weighted by molar-refractivity contribution is -0.0583. The second-order valence-corrected chi connectivity index (χ2v) is 6.60. The number of hydrogen-bond donors (Lipinski definition) is 0. The van der Waals surface area contributed by atoms with Crippen molar-refractivity contribution < 1.29 is 14.3 Å². The summed E-state index contributed by atoms with van der Waals surface area (Å²) in [6.45, 7) is 9.41. The van der Waals surface area contributed by atoms with Gasteiger partial charge in [-0.2, -0.15) is 0 Å². The minimum absolute atomic E-state index is 0.0139. The zero-order valence-electron chi connectivity index (χ0n) is 12.0. The zero-order valence-corrected chi connectivity index (χ0v) is 12.0. The Bertz CT molecular complexity index is 323. The van der Waals surface area contributed by atoms with Gasteiger partial charge < -0.3 is 14.4 Å². The van der Waals surface area contributed by atoms with Crippen LogP contribution in [0.1, 0.15) is 53.4 Å². The molecule has 0 radical (unpaired) electrons. The first-order valence-electron chi connectivity index (χ1n) is 6.95. The highest BCUT2D eigenvalue weighted by atomic mass is 16.6. The van der Waals surface area contributed by atoms with Gasteiger partial charge in [-0.25, -0.2) is 4.79 Å². The average molecular weight is 255 g/mol. The lowest BCUT2D eigenvalue weighted by atomic mass is 9.85. The maximum atomic E-state index is 12.3. The molecular formula is C14H25NO3. The standard InChI is InChI=1S/C14H25NO3/c1-11-10-14(7-9-17-11)6-5-8-15(14)12(16)18-13(2,3)4/h11H,5-10H2,1-4H3. The summed E-state index contributed by atoms with van der Waals surface area (Å²) in [6.07, 6.45) is 4.12.